The van der Waals surface area contributed by atoms with E-state index in [-0.39, 0.29) is 6.61 Å². The zero-order chi connectivity index (χ0) is 14.4. The predicted molar refractivity (Wildman–Crippen MR) is 81.8 cm³/mol. The average molecular weight is 289 g/mol. The van der Waals surface area contributed by atoms with Gasteiger partial charge in [0, 0.05) is 17.6 Å². The maximum Gasteiger partial charge on any atom is 0.187 e. The van der Waals surface area contributed by atoms with E-state index in [0.717, 1.165) is 16.4 Å². The predicted octanol–water partition coefficient (Wildman–Crippen LogP) is 1.98. The van der Waals surface area contributed by atoms with E-state index >= 15 is 0 Å². The van der Waals surface area contributed by atoms with Crippen molar-refractivity contribution in [3.05, 3.63) is 53.9 Å². The van der Waals surface area contributed by atoms with E-state index < -0.39 is 5.54 Å². The molecule has 0 amide bonds. The second-order valence-electron chi connectivity index (χ2n) is 4.63. The second kappa shape index (κ2) is 6.83. The van der Waals surface area contributed by atoms with Crippen molar-refractivity contribution < 1.29 is 5.11 Å². The largest absolute Gasteiger partial charge is 0.394 e. The molecular formula is C15H19N3OS. The van der Waals surface area contributed by atoms with Gasteiger partial charge < -0.3 is 10.4 Å². The molecule has 0 spiro atoms. The molecule has 1 aromatic heterocycles. The molecule has 0 fully saturated rings. The average Bonchev–Trinajstić information content (AvgIpc) is 2.50. The smallest absolute Gasteiger partial charge is 0.187 e. The summed E-state index contributed by atoms with van der Waals surface area (Å²) in [5.74, 6) is 0.660. The van der Waals surface area contributed by atoms with Crippen LogP contribution < -0.4 is 5.32 Å². The van der Waals surface area contributed by atoms with Crippen molar-refractivity contribution in [1.29, 1.82) is 0 Å². The molecule has 0 aliphatic carbocycles. The fourth-order valence-corrected chi connectivity index (χ4v) is 3.08. The van der Waals surface area contributed by atoms with Crippen LogP contribution in [0.25, 0.3) is 0 Å². The topological polar surface area (TPSA) is 58.0 Å². The minimum Gasteiger partial charge on any atom is -0.394 e. The van der Waals surface area contributed by atoms with Crippen LogP contribution in [0.15, 0.2) is 47.8 Å². The van der Waals surface area contributed by atoms with Gasteiger partial charge in [0.25, 0.3) is 0 Å². The normalized spacial score (nSPS) is 13.9. The molecule has 1 atom stereocenters. The maximum atomic E-state index is 9.85. The van der Waals surface area contributed by atoms with Gasteiger partial charge in [-0.05, 0) is 25.6 Å². The summed E-state index contributed by atoms with van der Waals surface area (Å²) in [6, 6.07) is 11.8. The number of rotatable bonds is 6. The number of nitrogens with zero attached hydrogens (tertiary/aromatic N) is 2. The van der Waals surface area contributed by atoms with E-state index in [1.807, 2.05) is 50.4 Å². The summed E-state index contributed by atoms with van der Waals surface area (Å²) < 4.78 is 0. The van der Waals surface area contributed by atoms with Gasteiger partial charge in [-0.3, -0.25) is 0 Å². The van der Waals surface area contributed by atoms with Crippen molar-refractivity contribution in [2.75, 3.05) is 19.4 Å². The summed E-state index contributed by atoms with van der Waals surface area (Å²) in [5.41, 5.74) is 1.52. The first kappa shape index (κ1) is 15.0. The van der Waals surface area contributed by atoms with Crippen LogP contribution in [0.5, 0.6) is 0 Å². The number of likely N-dealkylation sites (N-methyl/N-ethyl adjacent to an activating group) is 1. The Morgan fingerprint density at radius 3 is 2.60 bits per heavy atom. The van der Waals surface area contributed by atoms with Gasteiger partial charge >= 0.3 is 0 Å². The van der Waals surface area contributed by atoms with E-state index in [9.17, 15) is 5.11 Å². The van der Waals surface area contributed by atoms with Crippen molar-refractivity contribution in [3.8, 4) is 0 Å². The van der Waals surface area contributed by atoms with E-state index in [0.29, 0.717) is 5.75 Å². The fraction of sp³-hybridized carbons (Fsp3) is 0.333. The molecule has 2 aromatic rings. The Bertz CT molecular complexity index is 544. The molecule has 1 heterocycles. The number of nitrogens with one attached hydrogen (secondary N) is 1. The monoisotopic (exact) mass is 289 g/mol. The zero-order valence-corrected chi connectivity index (χ0v) is 12.5. The molecule has 1 unspecified atom stereocenters. The number of benzene rings is 1. The molecule has 0 saturated heterocycles. The van der Waals surface area contributed by atoms with E-state index in [2.05, 4.69) is 15.3 Å². The summed E-state index contributed by atoms with van der Waals surface area (Å²) in [5, 5.41) is 13.8. The number of thioether (sulfide) groups is 1. The molecule has 0 aliphatic heterocycles. The summed E-state index contributed by atoms with van der Waals surface area (Å²) in [4.78, 5) is 8.63. The van der Waals surface area contributed by atoms with Crippen molar-refractivity contribution in [1.82, 2.24) is 15.3 Å². The molecule has 20 heavy (non-hydrogen) atoms. The van der Waals surface area contributed by atoms with Gasteiger partial charge in [-0.15, -0.1) is 0 Å². The first-order chi connectivity index (χ1) is 9.70. The van der Waals surface area contributed by atoms with Crippen molar-refractivity contribution in [2.24, 2.45) is 0 Å². The number of hydrogen-bond acceptors (Lipinski definition) is 5. The number of aliphatic hydroxyl groups is 1. The highest BCUT2D eigenvalue weighted by molar-refractivity contribution is 7.99. The third-order valence-corrected chi connectivity index (χ3v) is 4.39. The lowest BCUT2D eigenvalue weighted by Crippen LogP contribution is -2.45. The third kappa shape index (κ3) is 3.36. The summed E-state index contributed by atoms with van der Waals surface area (Å²) in [7, 11) is 1.86. The third-order valence-electron chi connectivity index (χ3n) is 3.30. The Morgan fingerprint density at radius 2 is 2.00 bits per heavy atom. The van der Waals surface area contributed by atoms with Gasteiger partial charge in [0.15, 0.2) is 5.16 Å². The van der Waals surface area contributed by atoms with Crippen LogP contribution in [0.4, 0.5) is 0 Å². The van der Waals surface area contributed by atoms with Crippen LogP contribution in [-0.2, 0) is 5.54 Å². The highest BCUT2D eigenvalue weighted by Gasteiger charge is 2.30. The number of hydrogen-bond donors (Lipinski definition) is 2. The standard InChI is InChI=1S/C15H19N3OS/c1-12-8-9-17-14(18-12)20-11-15(10-19,16-2)13-6-4-3-5-7-13/h3-9,16,19H,10-11H2,1-2H3. The second-order valence-corrected chi connectivity index (χ2v) is 5.57. The molecule has 2 N–H and O–H groups in total. The van der Waals surface area contributed by atoms with E-state index in [1.54, 1.807) is 18.0 Å². The van der Waals surface area contributed by atoms with Gasteiger partial charge in [0.1, 0.15) is 0 Å². The molecule has 0 radical (unpaired) electrons. The van der Waals surface area contributed by atoms with Gasteiger partial charge in [0.2, 0.25) is 0 Å². The molecule has 5 heteroatoms. The molecule has 4 nitrogen and oxygen atoms in total. The van der Waals surface area contributed by atoms with Crippen LogP contribution in [0.3, 0.4) is 0 Å². The summed E-state index contributed by atoms with van der Waals surface area (Å²) >= 11 is 1.54. The van der Waals surface area contributed by atoms with Gasteiger partial charge in [-0.25, -0.2) is 9.97 Å². The molecule has 106 valence electrons. The molecular weight excluding hydrogens is 270 g/mol. The molecule has 1 aromatic carbocycles. The minimum atomic E-state index is -0.487. The Kier molecular flexibility index (Phi) is 5.11. The van der Waals surface area contributed by atoms with Crippen molar-refractivity contribution in [3.63, 3.8) is 0 Å². The van der Waals surface area contributed by atoms with Gasteiger partial charge in [0.05, 0.1) is 12.1 Å². The number of aromatic nitrogens is 2. The summed E-state index contributed by atoms with van der Waals surface area (Å²) in [6.45, 7) is 1.96. The van der Waals surface area contributed by atoms with Crippen molar-refractivity contribution in [2.45, 2.75) is 17.6 Å². The van der Waals surface area contributed by atoms with Gasteiger partial charge in [-0.1, -0.05) is 42.1 Å². The summed E-state index contributed by atoms with van der Waals surface area (Å²) in [6.07, 6.45) is 1.76. The highest BCUT2D eigenvalue weighted by Crippen LogP contribution is 2.27. The molecule has 2 rings (SSSR count). The Hall–Kier alpha value is -1.43. The lowest BCUT2D eigenvalue weighted by atomic mass is 9.93. The Balaban J connectivity index is 2.18. The van der Waals surface area contributed by atoms with Crippen LogP contribution in [-0.4, -0.2) is 34.5 Å². The Morgan fingerprint density at radius 1 is 1.25 bits per heavy atom. The van der Waals surface area contributed by atoms with E-state index in [1.165, 1.54) is 0 Å². The van der Waals surface area contributed by atoms with Crippen LogP contribution in [0, 0.1) is 6.92 Å². The van der Waals surface area contributed by atoms with Gasteiger partial charge in [-0.2, -0.15) is 0 Å². The number of aliphatic hydroxyl groups excluding tert-OH is 1. The molecule has 0 bridgehead atoms. The van der Waals surface area contributed by atoms with Crippen molar-refractivity contribution >= 4 is 11.8 Å². The SMILES string of the molecule is CNC(CO)(CSc1nccc(C)n1)c1ccccc1. The van der Waals surface area contributed by atoms with Crippen LogP contribution in [0.1, 0.15) is 11.3 Å². The van der Waals surface area contributed by atoms with E-state index in [4.69, 9.17) is 0 Å². The van der Waals surface area contributed by atoms with Crippen LogP contribution in [0.2, 0.25) is 0 Å². The molecule has 0 saturated carbocycles. The lowest BCUT2D eigenvalue weighted by Gasteiger charge is -2.31. The molecule has 0 aliphatic rings. The first-order valence-electron chi connectivity index (χ1n) is 6.48. The van der Waals surface area contributed by atoms with Crippen LogP contribution >= 0.6 is 11.8 Å². The fourth-order valence-electron chi connectivity index (χ4n) is 1.96. The quantitative estimate of drug-likeness (QED) is 0.629. The first-order valence-corrected chi connectivity index (χ1v) is 7.46. The minimum absolute atomic E-state index is 0.0202. The zero-order valence-electron chi connectivity index (χ0n) is 11.7. The number of aryl methyl sites for hydroxylation is 1. The Labute approximate surface area is 123 Å². The lowest BCUT2D eigenvalue weighted by molar-refractivity contribution is 0.187. The highest BCUT2D eigenvalue weighted by atomic mass is 32.2. The maximum absolute atomic E-state index is 9.85.